The molecule has 1 unspecified atom stereocenters. The molecule has 0 aliphatic carbocycles. The Kier molecular flexibility index (Phi) is 7.07. The summed E-state index contributed by atoms with van der Waals surface area (Å²) in [4.78, 5) is 11.1. The van der Waals surface area contributed by atoms with E-state index in [0.29, 0.717) is 17.2 Å². The van der Waals surface area contributed by atoms with Gasteiger partial charge in [-0.1, -0.05) is 48.5 Å². The Morgan fingerprint density at radius 3 is 1.62 bits per heavy atom. The fourth-order valence-electron chi connectivity index (χ4n) is 3.21. The van der Waals surface area contributed by atoms with Crippen molar-refractivity contribution in [2.24, 2.45) is 0 Å². The Morgan fingerprint density at radius 2 is 1.06 bits per heavy atom. The van der Waals surface area contributed by atoms with E-state index in [2.05, 4.69) is 0 Å². The van der Waals surface area contributed by atoms with E-state index in [-0.39, 0.29) is 28.3 Å². The second-order valence-electron chi connectivity index (χ2n) is 7.04. The summed E-state index contributed by atoms with van der Waals surface area (Å²) in [6.45, 7) is 0. The van der Waals surface area contributed by atoms with Crippen LogP contribution in [0.1, 0.15) is 0 Å². The van der Waals surface area contributed by atoms with Gasteiger partial charge in [0.05, 0.1) is 14.2 Å². The van der Waals surface area contributed by atoms with Crippen molar-refractivity contribution < 1.29 is 32.9 Å². The van der Waals surface area contributed by atoms with Crippen LogP contribution in [0.2, 0.25) is 0 Å². The second-order valence-corrected chi connectivity index (χ2v) is 8.74. The van der Waals surface area contributed by atoms with E-state index >= 15 is 0 Å². The Hall–Kier alpha value is -3.93. The van der Waals surface area contributed by atoms with Crippen molar-refractivity contribution in [1.29, 1.82) is 0 Å². The van der Waals surface area contributed by atoms with Crippen LogP contribution < -0.4 is 28.8 Å². The van der Waals surface area contributed by atoms with Crippen LogP contribution in [-0.2, 0) is 4.57 Å². The summed E-state index contributed by atoms with van der Waals surface area (Å²) in [5, 5.41) is -0.0656. The van der Waals surface area contributed by atoms with Gasteiger partial charge in [0.15, 0.2) is 23.0 Å². The lowest BCUT2D eigenvalue weighted by Gasteiger charge is -2.21. The highest BCUT2D eigenvalue weighted by Gasteiger charge is 2.33. The quantitative estimate of drug-likeness (QED) is 0.288. The number of hydrogen-bond acceptors (Lipinski definition) is 6. The maximum atomic E-state index is 13.6. The van der Waals surface area contributed by atoms with E-state index < -0.39 is 7.60 Å². The van der Waals surface area contributed by atoms with Gasteiger partial charge in [0, 0.05) is 0 Å². The highest BCUT2D eigenvalue weighted by molar-refractivity contribution is 7.61. The first-order valence-electron chi connectivity index (χ1n) is 10.3. The molecule has 0 radical (unpaired) electrons. The third-order valence-electron chi connectivity index (χ3n) is 4.79. The smallest absolute Gasteiger partial charge is 0.412 e. The molecule has 174 valence electrons. The number of methoxy groups -OCH3 is 2. The van der Waals surface area contributed by atoms with Crippen molar-refractivity contribution >= 4 is 12.9 Å². The molecule has 34 heavy (non-hydrogen) atoms. The molecule has 0 spiro atoms. The summed E-state index contributed by atoms with van der Waals surface area (Å²) in [7, 11) is -1.56. The minimum Gasteiger partial charge on any atom is -0.493 e. The first-order chi connectivity index (χ1) is 16.5. The van der Waals surface area contributed by atoms with Crippen LogP contribution in [0.4, 0.5) is 0 Å². The molecule has 8 heteroatoms. The van der Waals surface area contributed by atoms with E-state index in [9.17, 15) is 9.46 Å². The molecule has 0 aliphatic rings. The molecule has 4 aromatic rings. The Morgan fingerprint density at radius 1 is 0.588 bits per heavy atom. The van der Waals surface area contributed by atoms with E-state index in [1.54, 1.807) is 60.7 Å². The number of rotatable bonds is 9. The zero-order valence-electron chi connectivity index (χ0n) is 18.6. The first kappa shape index (κ1) is 23.2. The zero-order chi connectivity index (χ0) is 24.0. The molecular formula is C26H23O7P. The molecule has 0 aliphatic heterocycles. The van der Waals surface area contributed by atoms with E-state index in [1.807, 2.05) is 24.3 Å². The van der Waals surface area contributed by atoms with Crippen LogP contribution in [0, 0.1) is 0 Å². The lowest BCUT2D eigenvalue weighted by atomic mass is 10.3. The molecule has 0 heterocycles. The predicted molar refractivity (Wildman–Crippen MR) is 129 cm³/mol. The minimum atomic E-state index is -4.48. The van der Waals surface area contributed by atoms with Crippen molar-refractivity contribution in [3.63, 3.8) is 0 Å². The normalized spacial score (nSPS) is 12.3. The molecular weight excluding hydrogens is 455 g/mol. The molecule has 0 amide bonds. The largest absolute Gasteiger partial charge is 0.493 e. The lowest BCUT2D eigenvalue weighted by molar-refractivity contribution is 0.352. The van der Waals surface area contributed by atoms with Crippen molar-refractivity contribution in [2.45, 2.75) is 0 Å². The fraction of sp³-hybridized carbons (Fsp3) is 0.0769. The molecule has 1 atom stereocenters. The van der Waals surface area contributed by atoms with Crippen LogP contribution in [0.3, 0.4) is 0 Å². The van der Waals surface area contributed by atoms with Gasteiger partial charge >= 0.3 is 7.60 Å². The van der Waals surface area contributed by atoms with Crippen LogP contribution >= 0.6 is 7.60 Å². The number of ether oxygens (including phenoxy) is 4. The van der Waals surface area contributed by atoms with Crippen molar-refractivity contribution in [3.05, 3.63) is 97.1 Å². The van der Waals surface area contributed by atoms with Crippen LogP contribution in [-0.4, -0.2) is 19.1 Å². The summed E-state index contributed by atoms with van der Waals surface area (Å²) < 4.78 is 41.9. The van der Waals surface area contributed by atoms with E-state index in [4.69, 9.17) is 23.5 Å². The predicted octanol–water partition coefficient (Wildman–Crippen LogP) is 6.18. The highest BCUT2D eigenvalue weighted by Crippen LogP contribution is 2.51. The fourth-order valence-corrected chi connectivity index (χ4v) is 4.41. The van der Waals surface area contributed by atoms with Gasteiger partial charge < -0.3 is 28.4 Å². The van der Waals surface area contributed by atoms with Crippen molar-refractivity contribution in [1.82, 2.24) is 0 Å². The van der Waals surface area contributed by atoms with Crippen molar-refractivity contribution in [3.8, 4) is 40.2 Å². The minimum absolute atomic E-state index is 0.0301. The number of para-hydroxylation sites is 4. The number of benzene rings is 4. The molecule has 0 fully saturated rings. The zero-order valence-corrected chi connectivity index (χ0v) is 19.5. The highest BCUT2D eigenvalue weighted by atomic mass is 31.2. The van der Waals surface area contributed by atoms with Gasteiger partial charge in [-0.15, -0.1) is 0 Å². The SMILES string of the molecule is COc1cccc(OP(=O)(O)c2cccc(OC)c2Oc2ccccc2)c1Oc1ccccc1. The maximum absolute atomic E-state index is 13.6. The second kappa shape index (κ2) is 10.3. The van der Waals surface area contributed by atoms with Crippen LogP contribution in [0.5, 0.6) is 40.2 Å². The average molecular weight is 478 g/mol. The summed E-state index contributed by atoms with van der Waals surface area (Å²) in [5.74, 6) is 1.89. The summed E-state index contributed by atoms with van der Waals surface area (Å²) >= 11 is 0. The Balaban J connectivity index is 1.74. The van der Waals surface area contributed by atoms with Gasteiger partial charge in [0.1, 0.15) is 16.8 Å². The topological polar surface area (TPSA) is 83.5 Å². The third kappa shape index (κ3) is 5.17. The standard InChI is InChI=1S/C26H23O7P/c1-29-21-15-9-17-23(25(21)31-19-11-5-3-6-12-19)33-34(27,28)24-18-10-16-22(30-2)26(24)32-20-13-7-4-8-14-20/h3-18H,1-2H3,(H,27,28). The molecule has 0 aromatic heterocycles. The van der Waals surface area contributed by atoms with Gasteiger partial charge in [-0.25, -0.2) is 4.57 Å². The van der Waals surface area contributed by atoms with E-state index in [0.717, 1.165) is 0 Å². The van der Waals surface area contributed by atoms with Crippen LogP contribution in [0.25, 0.3) is 0 Å². The molecule has 0 bridgehead atoms. The average Bonchev–Trinajstić information content (AvgIpc) is 2.86. The Labute approximate surface area is 197 Å². The Bertz CT molecular complexity index is 1290. The summed E-state index contributed by atoms with van der Waals surface area (Å²) in [5.41, 5.74) is 0. The summed E-state index contributed by atoms with van der Waals surface area (Å²) in [6.07, 6.45) is 0. The molecule has 4 aromatic carbocycles. The van der Waals surface area contributed by atoms with E-state index in [1.165, 1.54) is 26.4 Å². The molecule has 7 nitrogen and oxygen atoms in total. The molecule has 1 N–H and O–H groups in total. The van der Waals surface area contributed by atoms with Crippen LogP contribution in [0.15, 0.2) is 97.1 Å². The third-order valence-corrected chi connectivity index (χ3v) is 6.20. The molecule has 4 rings (SSSR count). The molecule has 0 saturated carbocycles. The van der Waals surface area contributed by atoms with Gasteiger partial charge in [-0.05, 0) is 48.5 Å². The number of hydrogen-bond donors (Lipinski definition) is 1. The first-order valence-corrected chi connectivity index (χ1v) is 11.9. The van der Waals surface area contributed by atoms with Gasteiger partial charge in [-0.2, -0.15) is 0 Å². The monoisotopic (exact) mass is 478 g/mol. The summed E-state index contributed by atoms with van der Waals surface area (Å²) in [6, 6.07) is 27.4. The molecule has 0 saturated heterocycles. The van der Waals surface area contributed by atoms with Gasteiger partial charge in [0.25, 0.3) is 0 Å². The van der Waals surface area contributed by atoms with Gasteiger partial charge in [-0.3, -0.25) is 0 Å². The maximum Gasteiger partial charge on any atom is 0.412 e. The van der Waals surface area contributed by atoms with Crippen molar-refractivity contribution in [2.75, 3.05) is 14.2 Å². The lowest BCUT2D eigenvalue weighted by Crippen LogP contribution is -2.13. The van der Waals surface area contributed by atoms with Gasteiger partial charge in [0.2, 0.25) is 5.75 Å².